The van der Waals surface area contributed by atoms with E-state index in [0.717, 1.165) is 0 Å². The van der Waals surface area contributed by atoms with Crippen molar-refractivity contribution in [2.45, 2.75) is 46.3 Å². The predicted molar refractivity (Wildman–Crippen MR) is 96.1 cm³/mol. The Labute approximate surface area is 148 Å². The number of anilines is 1. The molecule has 0 aliphatic heterocycles. The first-order chi connectivity index (χ1) is 11.6. The number of nitrogens with one attached hydrogen (secondary N) is 3. The maximum atomic E-state index is 12.3. The highest BCUT2D eigenvalue weighted by molar-refractivity contribution is 5.95. The van der Waals surface area contributed by atoms with Crippen LogP contribution in [0.4, 0.5) is 10.5 Å². The topological polar surface area (TPSA) is 96.5 Å². The lowest BCUT2D eigenvalue weighted by Crippen LogP contribution is -2.52. The van der Waals surface area contributed by atoms with Crippen molar-refractivity contribution in [2.75, 3.05) is 11.9 Å². The molecule has 1 aromatic carbocycles. The second-order valence-electron chi connectivity index (χ2n) is 7.00. The molecule has 0 saturated carbocycles. The van der Waals surface area contributed by atoms with Gasteiger partial charge < -0.3 is 20.7 Å². The SMILES string of the molecule is CC(C)C(NC(=O)OC(C)(C)C)C(=O)NCC(=O)Nc1ccccc1. The first-order valence-electron chi connectivity index (χ1n) is 8.20. The summed E-state index contributed by atoms with van der Waals surface area (Å²) in [4.78, 5) is 36.0. The standard InChI is InChI=1S/C18H27N3O4/c1-12(2)15(21-17(24)25-18(3,4)5)16(23)19-11-14(22)20-13-9-7-6-8-10-13/h6-10,12,15H,11H2,1-5H3,(H,19,23)(H,20,22)(H,21,24). The Kier molecular flexibility index (Phi) is 7.42. The number of alkyl carbamates (subject to hydrolysis) is 1. The van der Waals surface area contributed by atoms with Gasteiger partial charge in [0.1, 0.15) is 11.6 Å². The van der Waals surface area contributed by atoms with Crippen LogP contribution in [0, 0.1) is 5.92 Å². The first-order valence-corrected chi connectivity index (χ1v) is 8.20. The zero-order valence-electron chi connectivity index (χ0n) is 15.4. The average molecular weight is 349 g/mol. The van der Waals surface area contributed by atoms with Gasteiger partial charge in [0.2, 0.25) is 11.8 Å². The van der Waals surface area contributed by atoms with Crippen molar-refractivity contribution in [2.24, 2.45) is 5.92 Å². The van der Waals surface area contributed by atoms with E-state index in [1.54, 1.807) is 58.9 Å². The van der Waals surface area contributed by atoms with Gasteiger partial charge in [0.15, 0.2) is 0 Å². The van der Waals surface area contributed by atoms with Gasteiger partial charge in [-0.2, -0.15) is 0 Å². The smallest absolute Gasteiger partial charge is 0.408 e. The van der Waals surface area contributed by atoms with Crippen molar-refractivity contribution in [1.82, 2.24) is 10.6 Å². The lowest BCUT2D eigenvalue weighted by molar-refractivity contribution is -0.126. The van der Waals surface area contributed by atoms with Gasteiger partial charge in [-0.05, 0) is 38.8 Å². The molecule has 1 atom stereocenters. The minimum Gasteiger partial charge on any atom is -0.444 e. The molecule has 1 unspecified atom stereocenters. The van der Waals surface area contributed by atoms with Crippen molar-refractivity contribution in [3.05, 3.63) is 30.3 Å². The first kappa shape index (κ1) is 20.5. The molecule has 0 saturated heterocycles. The summed E-state index contributed by atoms with van der Waals surface area (Å²) < 4.78 is 5.16. The van der Waals surface area contributed by atoms with Crippen molar-refractivity contribution < 1.29 is 19.1 Å². The molecule has 7 nitrogen and oxygen atoms in total. The Morgan fingerprint density at radius 1 is 1.08 bits per heavy atom. The highest BCUT2D eigenvalue weighted by Gasteiger charge is 2.27. The summed E-state index contributed by atoms with van der Waals surface area (Å²) in [5.74, 6) is -0.951. The summed E-state index contributed by atoms with van der Waals surface area (Å²) in [5.41, 5.74) is -0.00784. The number of para-hydroxylation sites is 1. The molecule has 1 aromatic rings. The maximum absolute atomic E-state index is 12.3. The van der Waals surface area contributed by atoms with Crippen molar-refractivity contribution in [1.29, 1.82) is 0 Å². The molecule has 0 bridgehead atoms. The van der Waals surface area contributed by atoms with Gasteiger partial charge in [0.25, 0.3) is 0 Å². The van der Waals surface area contributed by atoms with Crippen LogP contribution in [-0.2, 0) is 14.3 Å². The van der Waals surface area contributed by atoms with Crippen LogP contribution in [0.15, 0.2) is 30.3 Å². The van der Waals surface area contributed by atoms with Crippen LogP contribution in [0.3, 0.4) is 0 Å². The van der Waals surface area contributed by atoms with Crippen LogP contribution in [0.2, 0.25) is 0 Å². The maximum Gasteiger partial charge on any atom is 0.408 e. The fourth-order valence-corrected chi connectivity index (χ4v) is 1.97. The van der Waals surface area contributed by atoms with E-state index in [9.17, 15) is 14.4 Å². The van der Waals surface area contributed by atoms with E-state index in [4.69, 9.17) is 4.74 Å². The Morgan fingerprint density at radius 2 is 1.68 bits per heavy atom. The van der Waals surface area contributed by atoms with E-state index in [1.165, 1.54) is 0 Å². The fraction of sp³-hybridized carbons (Fsp3) is 0.500. The largest absolute Gasteiger partial charge is 0.444 e. The minimum atomic E-state index is -0.792. The number of benzene rings is 1. The van der Waals surface area contributed by atoms with E-state index >= 15 is 0 Å². The molecule has 0 aliphatic rings. The number of hydrogen-bond acceptors (Lipinski definition) is 4. The average Bonchev–Trinajstić information content (AvgIpc) is 2.49. The highest BCUT2D eigenvalue weighted by atomic mass is 16.6. The number of rotatable bonds is 6. The van der Waals surface area contributed by atoms with Gasteiger partial charge in [0, 0.05) is 5.69 Å². The molecule has 7 heteroatoms. The van der Waals surface area contributed by atoms with Gasteiger partial charge in [-0.15, -0.1) is 0 Å². The summed E-state index contributed by atoms with van der Waals surface area (Å²) in [6.07, 6.45) is -0.671. The molecule has 0 radical (unpaired) electrons. The molecule has 3 amide bonds. The zero-order chi connectivity index (χ0) is 19.0. The van der Waals surface area contributed by atoms with E-state index in [2.05, 4.69) is 16.0 Å². The van der Waals surface area contributed by atoms with Crippen LogP contribution in [0.5, 0.6) is 0 Å². The van der Waals surface area contributed by atoms with Crippen LogP contribution < -0.4 is 16.0 Å². The van der Waals surface area contributed by atoms with Crippen LogP contribution in [0.1, 0.15) is 34.6 Å². The lowest BCUT2D eigenvalue weighted by atomic mass is 10.0. The lowest BCUT2D eigenvalue weighted by Gasteiger charge is -2.25. The zero-order valence-corrected chi connectivity index (χ0v) is 15.4. The van der Waals surface area contributed by atoms with E-state index < -0.39 is 23.6 Å². The van der Waals surface area contributed by atoms with Gasteiger partial charge >= 0.3 is 6.09 Å². The third-order valence-corrected chi connectivity index (χ3v) is 3.10. The highest BCUT2D eigenvalue weighted by Crippen LogP contribution is 2.09. The van der Waals surface area contributed by atoms with Crippen LogP contribution in [0.25, 0.3) is 0 Å². The molecular weight excluding hydrogens is 322 g/mol. The monoisotopic (exact) mass is 349 g/mol. The summed E-state index contributed by atoms with van der Waals surface area (Å²) in [5, 5.41) is 7.74. The van der Waals surface area contributed by atoms with Crippen molar-refractivity contribution in [3.63, 3.8) is 0 Å². The molecule has 25 heavy (non-hydrogen) atoms. The van der Waals surface area contributed by atoms with Crippen LogP contribution in [-0.4, -0.2) is 36.1 Å². The van der Waals surface area contributed by atoms with Crippen molar-refractivity contribution >= 4 is 23.6 Å². The van der Waals surface area contributed by atoms with Gasteiger partial charge in [-0.25, -0.2) is 4.79 Å². The Morgan fingerprint density at radius 3 is 2.20 bits per heavy atom. The summed E-state index contributed by atoms with van der Waals surface area (Å²) in [7, 11) is 0. The third kappa shape index (κ3) is 8.19. The Hall–Kier alpha value is -2.57. The summed E-state index contributed by atoms with van der Waals surface area (Å²) in [6, 6.07) is 8.15. The summed E-state index contributed by atoms with van der Waals surface area (Å²) >= 11 is 0. The molecule has 0 spiro atoms. The second kappa shape index (κ2) is 9.05. The molecule has 3 N–H and O–H groups in total. The fourth-order valence-electron chi connectivity index (χ4n) is 1.97. The van der Waals surface area contributed by atoms with Gasteiger partial charge in [0.05, 0.1) is 6.54 Å². The molecule has 0 aliphatic carbocycles. The van der Waals surface area contributed by atoms with E-state index in [-0.39, 0.29) is 18.4 Å². The minimum absolute atomic E-state index is 0.162. The molecule has 138 valence electrons. The normalized spacial score (nSPS) is 12.2. The number of carbonyl (C=O) groups excluding carboxylic acids is 3. The Bertz CT molecular complexity index is 594. The van der Waals surface area contributed by atoms with Crippen molar-refractivity contribution in [3.8, 4) is 0 Å². The van der Waals surface area contributed by atoms with Crippen LogP contribution >= 0.6 is 0 Å². The van der Waals surface area contributed by atoms with Gasteiger partial charge in [-0.3, -0.25) is 9.59 Å². The molecule has 0 fully saturated rings. The molecule has 0 aromatic heterocycles. The third-order valence-electron chi connectivity index (χ3n) is 3.10. The quantitative estimate of drug-likeness (QED) is 0.734. The Balaban J connectivity index is 2.53. The van der Waals surface area contributed by atoms with Gasteiger partial charge in [-0.1, -0.05) is 32.0 Å². The number of hydrogen-bond donors (Lipinski definition) is 3. The molecule has 1 rings (SSSR count). The molecule has 0 heterocycles. The van der Waals surface area contributed by atoms with E-state index in [0.29, 0.717) is 5.69 Å². The predicted octanol–water partition coefficient (Wildman–Crippen LogP) is 2.29. The second-order valence-corrected chi connectivity index (χ2v) is 7.00. The van der Waals surface area contributed by atoms with E-state index in [1.807, 2.05) is 6.07 Å². The number of ether oxygens (including phenoxy) is 1. The number of amides is 3. The summed E-state index contributed by atoms with van der Waals surface area (Å²) in [6.45, 7) is 8.63. The number of carbonyl (C=O) groups is 3. The molecular formula is C18H27N3O4.